The van der Waals surface area contributed by atoms with Crippen molar-refractivity contribution in [2.75, 3.05) is 0 Å². The first-order valence-corrected chi connectivity index (χ1v) is 6.99. The number of halogens is 2. The van der Waals surface area contributed by atoms with Crippen LogP contribution in [0.3, 0.4) is 0 Å². The first-order valence-electron chi connectivity index (χ1n) is 6.61. The molecule has 3 rings (SSSR count). The molecule has 0 radical (unpaired) electrons. The minimum atomic E-state index is -0.687. The molecule has 7 heteroatoms. The lowest BCUT2D eigenvalue weighted by molar-refractivity contribution is 0.0432. The molecule has 0 spiro atoms. The Morgan fingerprint density at radius 3 is 2.83 bits per heavy atom. The highest BCUT2D eigenvalue weighted by Crippen LogP contribution is 2.23. The summed E-state index contributed by atoms with van der Waals surface area (Å²) in [5, 5.41) is 0.578. The lowest BCUT2D eigenvalue weighted by Crippen LogP contribution is -2.07. The van der Waals surface area contributed by atoms with Crippen molar-refractivity contribution in [3.63, 3.8) is 0 Å². The number of hydrogen-bond donors (Lipinski definition) is 0. The SMILES string of the molecule is O=C(OCc1ncc(-c2cccc(Cl)c2)o1)c1ccc(F)cn1. The van der Waals surface area contributed by atoms with Crippen LogP contribution in [0.1, 0.15) is 16.4 Å². The van der Waals surface area contributed by atoms with E-state index in [0.29, 0.717) is 10.8 Å². The molecule has 0 fully saturated rings. The molecule has 23 heavy (non-hydrogen) atoms. The smallest absolute Gasteiger partial charge is 0.357 e. The summed E-state index contributed by atoms with van der Waals surface area (Å²) in [6, 6.07) is 9.47. The minimum Gasteiger partial charge on any atom is -0.451 e. The number of carbonyl (C=O) groups excluding carboxylic acids is 1. The number of aromatic nitrogens is 2. The lowest BCUT2D eigenvalue weighted by atomic mass is 10.2. The molecule has 116 valence electrons. The van der Waals surface area contributed by atoms with Crippen molar-refractivity contribution in [3.8, 4) is 11.3 Å². The van der Waals surface area contributed by atoms with Crippen LogP contribution in [0.25, 0.3) is 11.3 Å². The first-order chi connectivity index (χ1) is 11.1. The molecule has 2 heterocycles. The van der Waals surface area contributed by atoms with Crippen LogP contribution < -0.4 is 0 Å². The van der Waals surface area contributed by atoms with E-state index < -0.39 is 11.8 Å². The van der Waals surface area contributed by atoms with E-state index in [1.54, 1.807) is 18.2 Å². The van der Waals surface area contributed by atoms with Gasteiger partial charge in [0.1, 0.15) is 11.5 Å². The number of pyridine rings is 1. The number of nitrogens with zero attached hydrogens (tertiary/aromatic N) is 2. The Bertz CT molecular complexity index is 833. The van der Waals surface area contributed by atoms with E-state index in [1.165, 1.54) is 12.3 Å². The van der Waals surface area contributed by atoms with E-state index in [-0.39, 0.29) is 18.2 Å². The van der Waals surface area contributed by atoms with Gasteiger partial charge in [0.15, 0.2) is 12.4 Å². The molecule has 0 atom stereocenters. The Morgan fingerprint density at radius 2 is 2.09 bits per heavy atom. The van der Waals surface area contributed by atoms with E-state index in [4.69, 9.17) is 20.8 Å². The largest absolute Gasteiger partial charge is 0.451 e. The predicted molar refractivity (Wildman–Crippen MR) is 80.3 cm³/mol. The van der Waals surface area contributed by atoms with Gasteiger partial charge >= 0.3 is 5.97 Å². The fourth-order valence-electron chi connectivity index (χ4n) is 1.85. The van der Waals surface area contributed by atoms with Crippen LogP contribution in [0.4, 0.5) is 4.39 Å². The van der Waals surface area contributed by atoms with Crippen LogP contribution in [0.15, 0.2) is 53.2 Å². The average Bonchev–Trinajstić information content (AvgIpc) is 3.02. The van der Waals surface area contributed by atoms with Crippen molar-refractivity contribution in [2.45, 2.75) is 6.61 Å². The molecule has 1 aromatic carbocycles. The van der Waals surface area contributed by atoms with E-state index in [0.717, 1.165) is 17.8 Å². The Morgan fingerprint density at radius 1 is 1.22 bits per heavy atom. The standard InChI is InChI=1S/C16H10ClFN2O3/c17-11-3-1-2-10(6-11)14-8-20-15(23-14)9-22-16(21)13-5-4-12(18)7-19-13/h1-8H,9H2. The van der Waals surface area contributed by atoms with E-state index in [9.17, 15) is 9.18 Å². The van der Waals surface area contributed by atoms with Gasteiger partial charge in [-0.1, -0.05) is 23.7 Å². The summed E-state index contributed by atoms with van der Waals surface area (Å²) in [7, 11) is 0. The molecule has 2 aromatic heterocycles. The zero-order valence-electron chi connectivity index (χ0n) is 11.7. The summed E-state index contributed by atoms with van der Waals surface area (Å²) in [5.41, 5.74) is 0.774. The molecule has 0 amide bonds. The fourth-order valence-corrected chi connectivity index (χ4v) is 2.04. The number of hydrogen-bond acceptors (Lipinski definition) is 5. The fraction of sp³-hybridized carbons (Fsp3) is 0.0625. The normalized spacial score (nSPS) is 10.5. The van der Waals surface area contributed by atoms with Gasteiger partial charge in [-0.25, -0.2) is 19.2 Å². The van der Waals surface area contributed by atoms with Crippen LogP contribution in [0.5, 0.6) is 0 Å². The molecule has 0 N–H and O–H groups in total. The number of rotatable bonds is 4. The number of ether oxygens (including phenoxy) is 1. The van der Waals surface area contributed by atoms with Crippen LogP contribution in [-0.4, -0.2) is 15.9 Å². The summed E-state index contributed by atoms with van der Waals surface area (Å²) in [4.78, 5) is 19.4. The topological polar surface area (TPSA) is 65.2 Å². The molecule has 0 unspecified atom stereocenters. The first kappa shape index (κ1) is 15.2. The third-order valence-electron chi connectivity index (χ3n) is 2.93. The molecule has 0 saturated heterocycles. The molecule has 0 aliphatic carbocycles. The summed E-state index contributed by atoms with van der Waals surface area (Å²) < 4.78 is 23.3. The number of esters is 1. The highest BCUT2D eigenvalue weighted by Gasteiger charge is 2.12. The van der Waals surface area contributed by atoms with Crippen molar-refractivity contribution in [1.29, 1.82) is 0 Å². The lowest BCUT2D eigenvalue weighted by Gasteiger charge is -2.01. The zero-order valence-corrected chi connectivity index (χ0v) is 12.5. The van der Waals surface area contributed by atoms with E-state index in [1.807, 2.05) is 6.07 Å². The third kappa shape index (κ3) is 3.73. The maximum absolute atomic E-state index is 12.7. The second-order valence-electron chi connectivity index (χ2n) is 4.57. The van der Waals surface area contributed by atoms with Crippen molar-refractivity contribution in [3.05, 3.63) is 71.2 Å². The molecule has 5 nitrogen and oxygen atoms in total. The Kier molecular flexibility index (Phi) is 4.34. The molecule has 0 saturated carbocycles. The van der Waals surface area contributed by atoms with Gasteiger partial charge in [-0.3, -0.25) is 0 Å². The van der Waals surface area contributed by atoms with Gasteiger partial charge in [0.05, 0.1) is 12.4 Å². The quantitative estimate of drug-likeness (QED) is 0.678. The van der Waals surface area contributed by atoms with Gasteiger partial charge in [0, 0.05) is 10.6 Å². The Hall–Kier alpha value is -2.73. The summed E-state index contributed by atoms with van der Waals surface area (Å²) in [6.07, 6.45) is 2.46. The second-order valence-corrected chi connectivity index (χ2v) is 5.00. The van der Waals surface area contributed by atoms with Crippen molar-refractivity contribution in [2.24, 2.45) is 0 Å². The number of carbonyl (C=O) groups is 1. The van der Waals surface area contributed by atoms with Crippen molar-refractivity contribution < 1.29 is 18.3 Å². The van der Waals surface area contributed by atoms with Gasteiger partial charge in [-0.05, 0) is 24.3 Å². The number of benzene rings is 1. The molecule has 3 aromatic rings. The zero-order chi connectivity index (χ0) is 16.2. The summed E-state index contributed by atoms with van der Waals surface area (Å²) >= 11 is 5.92. The van der Waals surface area contributed by atoms with Gasteiger partial charge in [-0.15, -0.1) is 0 Å². The summed E-state index contributed by atoms with van der Waals surface area (Å²) in [6.45, 7) is -0.154. The summed E-state index contributed by atoms with van der Waals surface area (Å²) in [5.74, 6) is -0.471. The highest BCUT2D eigenvalue weighted by atomic mass is 35.5. The van der Waals surface area contributed by atoms with Gasteiger partial charge in [-0.2, -0.15) is 0 Å². The molecule has 0 aliphatic rings. The Balaban J connectivity index is 1.65. The van der Waals surface area contributed by atoms with Crippen LogP contribution in [0, 0.1) is 5.82 Å². The van der Waals surface area contributed by atoms with E-state index in [2.05, 4.69) is 9.97 Å². The van der Waals surface area contributed by atoms with Crippen LogP contribution in [0.2, 0.25) is 5.02 Å². The molecule has 0 aliphatic heterocycles. The maximum Gasteiger partial charge on any atom is 0.357 e. The Labute approximate surface area is 135 Å². The van der Waals surface area contributed by atoms with Crippen molar-refractivity contribution >= 4 is 17.6 Å². The number of oxazole rings is 1. The monoisotopic (exact) mass is 332 g/mol. The molecule has 0 bridgehead atoms. The highest BCUT2D eigenvalue weighted by molar-refractivity contribution is 6.30. The molecular weight excluding hydrogens is 323 g/mol. The van der Waals surface area contributed by atoms with Crippen LogP contribution >= 0.6 is 11.6 Å². The van der Waals surface area contributed by atoms with Crippen molar-refractivity contribution in [1.82, 2.24) is 9.97 Å². The third-order valence-corrected chi connectivity index (χ3v) is 3.16. The maximum atomic E-state index is 12.7. The minimum absolute atomic E-state index is 0.00743. The predicted octanol–water partition coefficient (Wildman–Crippen LogP) is 3.89. The van der Waals surface area contributed by atoms with Crippen LogP contribution in [-0.2, 0) is 11.3 Å². The van der Waals surface area contributed by atoms with Gasteiger partial charge in [0.25, 0.3) is 0 Å². The van der Waals surface area contributed by atoms with Gasteiger partial charge < -0.3 is 9.15 Å². The van der Waals surface area contributed by atoms with Gasteiger partial charge in [0.2, 0.25) is 5.89 Å². The average molecular weight is 333 g/mol. The van der Waals surface area contributed by atoms with E-state index >= 15 is 0 Å². The second kappa shape index (κ2) is 6.58. The molecular formula is C16H10ClFN2O3.